The SMILES string of the molecule is COc1ccc(-c2c(O)ccc(C=O)c2O)cc1. The third kappa shape index (κ3) is 2.00. The predicted octanol–water partition coefficient (Wildman–Crippen LogP) is 2.59. The van der Waals surface area contributed by atoms with E-state index in [9.17, 15) is 15.0 Å². The molecule has 0 aliphatic carbocycles. The van der Waals surface area contributed by atoms with Crippen LogP contribution in [0.1, 0.15) is 10.4 Å². The summed E-state index contributed by atoms with van der Waals surface area (Å²) in [6.07, 6.45) is 0.543. The van der Waals surface area contributed by atoms with Crippen LogP contribution in [0.4, 0.5) is 0 Å². The van der Waals surface area contributed by atoms with Crippen LogP contribution in [-0.2, 0) is 0 Å². The van der Waals surface area contributed by atoms with Gasteiger partial charge in [0.2, 0.25) is 0 Å². The maximum Gasteiger partial charge on any atom is 0.153 e. The minimum atomic E-state index is -0.227. The second-order valence-electron chi connectivity index (χ2n) is 3.74. The van der Waals surface area contributed by atoms with Crippen LogP contribution in [0.2, 0.25) is 0 Å². The molecule has 0 atom stereocenters. The Hall–Kier alpha value is -2.49. The van der Waals surface area contributed by atoms with Crippen molar-refractivity contribution in [2.75, 3.05) is 7.11 Å². The number of hydrogen-bond acceptors (Lipinski definition) is 4. The zero-order valence-corrected chi connectivity index (χ0v) is 9.75. The van der Waals surface area contributed by atoms with Crippen molar-refractivity contribution >= 4 is 6.29 Å². The highest BCUT2D eigenvalue weighted by Gasteiger charge is 2.13. The Bertz CT molecular complexity index is 573. The van der Waals surface area contributed by atoms with Gasteiger partial charge in [-0.15, -0.1) is 0 Å². The van der Waals surface area contributed by atoms with Crippen molar-refractivity contribution in [1.29, 1.82) is 0 Å². The van der Waals surface area contributed by atoms with Gasteiger partial charge in [-0.2, -0.15) is 0 Å². The van der Waals surface area contributed by atoms with Crippen LogP contribution in [0.25, 0.3) is 11.1 Å². The van der Waals surface area contributed by atoms with Gasteiger partial charge in [-0.3, -0.25) is 4.79 Å². The fourth-order valence-corrected chi connectivity index (χ4v) is 1.73. The third-order valence-corrected chi connectivity index (χ3v) is 2.69. The lowest BCUT2D eigenvalue weighted by atomic mass is 10.0. The van der Waals surface area contributed by atoms with Crippen LogP contribution in [0.5, 0.6) is 17.2 Å². The summed E-state index contributed by atoms with van der Waals surface area (Å²) in [7, 11) is 1.55. The van der Waals surface area contributed by atoms with E-state index in [0.717, 1.165) is 0 Å². The lowest BCUT2D eigenvalue weighted by Gasteiger charge is -2.09. The molecule has 2 N–H and O–H groups in total. The van der Waals surface area contributed by atoms with Crippen molar-refractivity contribution in [3.63, 3.8) is 0 Å². The summed E-state index contributed by atoms with van der Waals surface area (Å²) in [5.74, 6) is 0.364. The molecule has 0 heterocycles. The van der Waals surface area contributed by atoms with Crippen LogP contribution < -0.4 is 4.74 Å². The molecule has 0 aromatic heterocycles. The van der Waals surface area contributed by atoms with Gasteiger partial charge in [0, 0.05) is 0 Å². The zero-order valence-electron chi connectivity index (χ0n) is 9.75. The number of carbonyl (C=O) groups is 1. The molecule has 0 saturated heterocycles. The van der Waals surface area contributed by atoms with Gasteiger partial charge in [0.25, 0.3) is 0 Å². The van der Waals surface area contributed by atoms with Crippen molar-refractivity contribution in [2.24, 2.45) is 0 Å². The van der Waals surface area contributed by atoms with Gasteiger partial charge in [0.15, 0.2) is 6.29 Å². The van der Waals surface area contributed by atoms with Crippen LogP contribution >= 0.6 is 0 Å². The summed E-state index contributed by atoms with van der Waals surface area (Å²) < 4.78 is 5.03. The van der Waals surface area contributed by atoms with Crippen molar-refractivity contribution in [3.05, 3.63) is 42.0 Å². The molecule has 0 radical (unpaired) electrons. The number of benzene rings is 2. The highest BCUT2D eigenvalue weighted by atomic mass is 16.5. The van der Waals surface area contributed by atoms with Crippen molar-refractivity contribution in [2.45, 2.75) is 0 Å². The van der Waals surface area contributed by atoms with Crippen molar-refractivity contribution < 1.29 is 19.7 Å². The van der Waals surface area contributed by atoms with Crippen molar-refractivity contribution in [3.8, 4) is 28.4 Å². The van der Waals surface area contributed by atoms with Gasteiger partial charge in [-0.25, -0.2) is 0 Å². The lowest BCUT2D eigenvalue weighted by molar-refractivity contribution is 0.112. The Morgan fingerprint density at radius 2 is 1.72 bits per heavy atom. The molecule has 0 unspecified atom stereocenters. The van der Waals surface area contributed by atoms with E-state index >= 15 is 0 Å². The van der Waals surface area contributed by atoms with Gasteiger partial charge in [0.05, 0.1) is 18.2 Å². The molecule has 0 aliphatic rings. The zero-order chi connectivity index (χ0) is 13.1. The summed E-state index contributed by atoms with van der Waals surface area (Å²) in [6, 6.07) is 9.56. The van der Waals surface area contributed by atoms with Crippen LogP contribution in [0.15, 0.2) is 36.4 Å². The molecule has 0 aliphatic heterocycles. The molecule has 0 saturated carbocycles. The fourth-order valence-electron chi connectivity index (χ4n) is 1.73. The van der Waals surface area contributed by atoms with Gasteiger partial charge in [-0.1, -0.05) is 12.1 Å². The standard InChI is InChI=1S/C14H12O4/c1-18-11-5-2-9(3-6-11)13-12(16)7-4-10(8-15)14(13)17/h2-8,16-17H,1H3. The summed E-state index contributed by atoms with van der Waals surface area (Å²) in [5, 5.41) is 19.7. The van der Waals surface area contributed by atoms with E-state index in [1.54, 1.807) is 31.4 Å². The minimum absolute atomic E-state index is 0.0803. The van der Waals surface area contributed by atoms with E-state index < -0.39 is 0 Å². The van der Waals surface area contributed by atoms with E-state index in [-0.39, 0.29) is 22.6 Å². The van der Waals surface area contributed by atoms with E-state index in [1.165, 1.54) is 12.1 Å². The Morgan fingerprint density at radius 3 is 2.28 bits per heavy atom. The second kappa shape index (κ2) is 4.79. The molecule has 2 rings (SSSR count). The first-order valence-corrected chi connectivity index (χ1v) is 5.32. The Morgan fingerprint density at radius 1 is 1.06 bits per heavy atom. The normalized spacial score (nSPS) is 10.1. The first kappa shape index (κ1) is 12.0. The minimum Gasteiger partial charge on any atom is -0.507 e. The van der Waals surface area contributed by atoms with E-state index in [4.69, 9.17) is 4.74 Å². The molecule has 0 bridgehead atoms. The lowest BCUT2D eigenvalue weighted by Crippen LogP contribution is -1.88. The average molecular weight is 244 g/mol. The quantitative estimate of drug-likeness (QED) is 0.814. The van der Waals surface area contributed by atoms with Crippen molar-refractivity contribution in [1.82, 2.24) is 0 Å². The first-order chi connectivity index (χ1) is 8.67. The van der Waals surface area contributed by atoms with Gasteiger partial charge >= 0.3 is 0 Å². The number of aldehydes is 1. The molecule has 0 amide bonds. The highest BCUT2D eigenvalue weighted by Crippen LogP contribution is 2.39. The summed E-state index contributed by atoms with van der Waals surface area (Å²) in [4.78, 5) is 10.8. The average Bonchev–Trinajstić information content (AvgIpc) is 2.40. The van der Waals surface area contributed by atoms with Crippen LogP contribution in [0, 0.1) is 0 Å². The number of phenolic OH excluding ortho intramolecular Hbond substituents is 2. The summed E-state index contributed by atoms with van der Waals surface area (Å²) in [5.41, 5.74) is 0.982. The molecule has 92 valence electrons. The number of carbonyl (C=O) groups excluding carboxylic acids is 1. The number of aromatic hydroxyl groups is 2. The van der Waals surface area contributed by atoms with E-state index in [0.29, 0.717) is 17.6 Å². The molecule has 4 nitrogen and oxygen atoms in total. The third-order valence-electron chi connectivity index (χ3n) is 2.69. The molecule has 2 aromatic carbocycles. The molecular weight excluding hydrogens is 232 g/mol. The molecule has 18 heavy (non-hydrogen) atoms. The Labute approximate surface area is 104 Å². The van der Waals surface area contributed by atoms with Gasteiger partial charge in [0.1, 0.15) is 17.2 Å². The Kier molecular flexibility index (Phi) is 3.19. The maximum atomic E-state index is 10.8. The largest absolute Gasteiger partial charge is 0.507 e. The monoisotopic (exact) mass is 244 g/mol. The second-order valence-corrected chi connectivity index (χ2v) is 3.74. The first-order valence-electron chi connectivity index (χ1n) is 5.32. The maximum absolute atomic E-state index is 10.8. The molecular formula is C14H12O4. The molecule has 0 spiro atoms. The number of hydrogen-bond donors (Lipinski definition) is 2. The molecule has 4 heteroatoms. The number of phenols is 2. The number of methoxy groups -OCH3 is 1. The summed E-state index contributed by atoms with van der Waals surface area (Å²) in [6.45, 7) is 0. The summed E-state index contributed by atoms with van der Waals surface area (Å²) >= 11 is 0. The Balaban J connectivity index is 2.58. The molecule has 2 aromatic rings. The van der Waals surface area contributed by atoms with Crippen LogP contribution in [-0.4, -0.2) is 23.6 Å². The van der Waals surface area contributed by atoms with E-state index in [1.807, 2.05) is 0 Å². The van der Waals surface area contributed by atoms with Gasteiger partial charge < -0.3 is 14.9 Å². The van der Waals surface area contributed by atoms with E-state index in [2.05, 4.69) is 0 Å². The predicted molar refractivity (Wildman–Crippen MR) is 67.1 cm³/mol. The van der Waals surface area contributed by atoms with Gasteiger partial charge in [-0.05, 0) is 29.8 Å². The topological polar surface area (TPSA) is 66.8 Å². The number of ether oxygens (including phenoxy) is 1. The van der Waals surface area contributed by atoms with Crippen LogP contribution in [0.3, 0.4) is 0 Å². The highest BCUT2D eigenvalue weighted by molar-refractivity contribution is 5.88. The number of rotatable bonds is 3. The molecule has 0 fully saturated rings. The fraction of sp³-hybridized carbons (Fsp3) is 0.0714. The smallest absolute Gasteiger partial charge is 0.153 e.